The van der Waals surface area contributed by atoms with E-state index in [0.717, 1.165) is 0 Å². The van der Waals surface area contributed by atoms with E-state index in [2.05, 4.69) is 16.5 Å². The highest BCUT2D eigenvalue weighted by Crippen LogP contribution is 2.30. The van der Waals surface area contributed by atoms with E-state index >= 15 is 0 Å². The largest absolute Gasteiger partial charge is 0.508 e. The number of anilines is 1. The van der Waals surface area contributed by atoms with E-state index in [1.54, 1.807) is 6.92 Å². The molecule has 0 radical (unpaired) electrons. The molecule has 0 aliphatic rings. The third-order valence-electron chi connectivity index (χ3n) is 1.98. The average Bonchev–Trinajstić information content (AvgIpc) is 2.42. The van der Waals surface area contributed by atoms with Crippen molar-refractivity contribution in [2.45, 2.75) is 6.92 Å². The standard InChI is InChI=1S/C9H9N3O2/c1-4(13)6-5(2)14-9-7(6)8(10)11-3-12-9/h3,13H,1H2,2H3,(H2,10,11,12). The first-order valence-electron chi connectivity index (χ1n) is 3.99. The third kappa shape index (κ3) is 1.02. The molecule has 0 aromatic carbocycles. The first-order chi connectivity index (χ1) is 6.61. The van der Waals surface area contributed by atoms with Crippen molar-refractivity contribution >= 4 is 22.7 Å². The number of rotatable bonds is 1. The second-order valence-corrected chi connectivity index (χ2v) is 2.92. The van der Waals surface area contributed by atoms with Gasteiger partial charge in [0, 0.05) is 0 Å². The third-order valence-corrected chi connectivity index (χ3v) is 1.98. The molecule has 0 aliphatic heterocycles. The van der Waals surface area contributed by atoms with Gasteiger partial charge in [0.05, 0.1) is 10.9 Å². The molecule has 2 heterocycles. The van der Waals surface area contributed by atoms with Crippen molar-refractivity contribution in [2.75, 3.05) is 5.73 Å². The maximum Gasteiger partial charge on any atom is 0.232 e. The lowest BCUT2D eigenvalue weighted by Crippen LogP contribution is -1.93. The molecule has 0 fully saturated rings. The highest BCUT2D eigenvalue weighted by atomic mass is 16.3. The number of aliphatic hydroxyl groups is 1. The predicted molar refractivity (Wildman–Crippen MR) is 52.6 cm³/mol. The van der Waals surface area contributed by atoms with Gasteiger partial charge in [0.2, 0.25) is 5.71 Å². The van der Waals surface area contributed by atoms with Gasteiger partial charge in [-0.1, -0.05) is 6.58 Å². The van der Waals surface area contributed by atoms with E-state index in [1.807, 2.05) is 0 Å². The minimum absolute atomic E-state index is 0.0947. The zero-order valence-electron chi connectivity index (χ0n) is 7.61. The zero-order chi connectivity index (χ0) is 10.3. The summed E-state index contributed by atoms with van der Waals surface area (Å²) in [5.41, 5.74) is 6.48. The van der Waals surface area contributed by atoms with Crippen LogP contribution in [0.3, 0.4) is 0 Å². The maximum atomic E-state index is 9.35. The lowest BCUT2D eigenvalue weighted by atomic mass is 10.1. The monoisotopic (exact) mass is 191 g/mol. The van der Waals surface area contributed by atoms with Crippen LogP contribution in [0.15, 0.2) is 17.3 Å². The van der Waals surface area contributed by atoms with Crippen LogP contribution < -0.4 is 5.73 Å². The summed E-state index contributed by atoms with van der Waals surface area (Å²) in [7, 11) is 0. The van der Waals surface area contributed by atoms with Crippen LogP contribution >= 0.6 is 0 Å². The van der Waals surface area contributed by atoms with Gasteiger partial charge in [-0.25, -0.2) is 9.97 Å². The van der Waals surface area contributed by atoms with Crippen LogP contribution in [0.4, 0.5) is 5.82 Å². The topological polar surface area (TPSA) is 85.2 Å². The molecular formula is C9H9N3O2. The van der Waals surface area contributed by atoms with E-state index in [-0.39, 0.29) is 11.6 Å². The Morgan fingerprint density at radius 2 is 2.29 bits per heavy atom. The lowest BCUT2D eigenvalue weighted by molar-refractivity contribution is 0.507. The molecule has 2 aromatic heterocycles. The molecule has 14 heavy (non-hydrogen) atoms. The van der Waals surface area contributed by atoms with Crippen molar-refractivity contribution in [3.05, 3.63) is 24.2 Å². The van der Waals surface area contributed by atoms with Crippen molar-refractivity contribution < 1.29 is 9.52 Å². The number of aromatic nitrogens is 2. The fourth-order valence-corrected chi connectivity index (χ4v) is 1.41. The van der Waals surface area contributed by atoms with Crippen LogP contribution in [0, 0.1) is 6.92 Å². The summed E-state index contributed by atoms with van der Waals surface area (Å²) in [4.78, 5) is 7.71. The van der Waals surface area contributed by atoms with Crippen molar-refractivity contribution in [1.82, 2.24) is 9.97 Å². The predicted octanol–water partition coefficient (Wildman–Crippen LogP) is 1.64. The Hall–Kier alpha value is -2.04. The van der Waals surface area contributed by atoms with Gasteiger partial charge in [0.1, 0.15) is 23.7 Å². The summed E-state index contributed by atoms with van der Waals surface area (Å²) in [6.07, 6.45) is 1.31. The molecule has 0 atom stereocenters. The molecule has 0 unspecified atom stereocenters. The fourth-order valence-electron chi connectivity index (χ4n) is 1.41. The van der Waals surface area contributed by atoms with Gasteiger partial charge in [-0.15, -0.1) is 0 Å². The number of furan rings is 1. The first kappa shape index (κ1) is 8.55. The summed E-state index contributed by atoms with van der Waals surface area (Å²) in [5, 5.41) is 9.86. The Morgan fingerprint density at radius 1 is 1.57 bits per heavy atom. The van der Waals surface area contributed by atoms with E-state index in [0.29, 0.717) is 22.4 Å². The number of fused-ring (bicyclic) bond motifs is 1. The van der Waals surface area contributed by atoms with Crippen LogP contribution in [0.2, 0.25) is 0 Å². The molecule has 0 bridgehead atoms. The molecule has 5 nitrogen and oxygen atoms in total. The number of aryl methyl sites for hydroxylation is 1. The molecule has 3 N–H and O–H groups in total. The highest BCUT2D eigenvalue weighted by Gasteiger charge is 2.16. The maximum absolute atomic E-state index is 9.35. The quantitative estimate of drug-likeness (QED) is 0.669. The van der Waals surface area contributed by atoms with Crippen molar-refractivity contribution in [3.63, 3.8) is 0 Å². The van der Waals surface area contributed by atoms with Crippen LogP contribution in [-0.4, -0.2) is 15.1 Å². The Kier molecular flexibility index (Phi) is 1.67. The molecular weight excluding hydrogens is 182 g/mol. The SMILES string of the molecule is C=C(O)c1c(C)oc2ncnc(N)c12. The van der Waals surface area contributed by atoms with Crippen LogP contribution in [-0.2, 0) is 0 Å². The van der Waals surface area contributed by atoms with Crippen LogP contribution in [0.25, 0.3) is 16.9 Å². The minimum Gasteiger partial charge on any atom is -0.508 e. The second-order valence-electron chi connectivity index (χ2n) is 2.92. The number of nitrogens with zero attached hydrogens (tertiary/aromatic N) is 2. The van der Waals surface area contributed by atoms with Gasteiger partial charge < -0.3 is 15.3 Å². The molecule has 72 valence electrons. The van der Waals surface area contributed by atoms with Crippen molar-refractivity contribution in [2.24, 2.45) is 0 Å². The molecule has 0 amide bonds. The summed E-state index contributed by atoms with van der Waals surface area (Å²) in [6, 6.07) is 0. The fraction of sp³-hybridized carbons (Fsp3) is 0.111. The van der Waals surface area contributed by atoms with Gasteiger partial charge in [-0.05, 0) is 6.92 Å². The van der Waals surface area contributed by atoms with Gasteiger partial charge in [0.15, 0.2) is 0 Å². The number of hydrogen-bond acceptors (Lipinski definition) is 5. The number of nitrogen functional groups attached to an aromatic ring is 1. The van der Waals surface area contributed by atoms with E-state index in [4.69, 9.17) is 10.2 Å². The summed E-state index contributed by atoms with van der Waals surface area (Å²) in [6.45, 7) is 5.14. The van der Waals surface area contributed by atoms with Gasteiger partial charge in [-0.3, -0.25) is 0 Å². The van der Waals surface area contributed by atoms with E-state index in [9.17, 15) is 5.11 Å². The zero-order valence-corrected chi connectivity index (χ0v) is 7.61. The molecule has 5 heteroatoms. The Balaban J connectivity index is 2.93. The van der Waals surface area contributed by atoms with Gasteiger partial charge >= 0.3 is 0 Å². The minimum atomic E-state index is -0.0947. The molecule has 0 saturated carbocycles. The highest BCUT2D eigenvalue weighted by molar-refractivity contribution is 5.95. The Labute approximate surface area is 79.9 Å². The van der Waals surface area contributed by atoms with Crippen LogP contribution in [0.1, 0.15) is 11.3 Å². The smallest absolute Gasteiger partial charge is 0.232 e. The number of aliphatic hydroxyl groups excluding tert-OH is 1. The van der Waals surface area contributed by atoms with Crippen molar-refractivity contribution in [3.8, 4) is 0 Å². The molecule has 0 aliphatic carbocycles. The molecule has 2 aromatic rings. The number of hydrogen-bond donors (Lipinski definition) is 2. The van der Waals surface area contributed by atoms with Gasteiger partial charge in [0.25, 0.3) is 0 Å². The Morgan fingerprint density at radius 3 is 2.93 bits per heavy atom. The summed E-state index contributed by atoms with van der Waals surface area (Å²) < 4.78 is 5.29. The Bertz CT molecular complexity index is 516. The molecule has 0 saturated heterocycles. The summed E-state index contributed by atoms with van der Waals surface area (Å²) >= 11 is 0. The van der Waals surface area contributed by atoms with E-state index < -0.39 is 0 Å². The molecule has 0 spiro atoms. The average molecular weight is 191 g/mol. The van der Waals surface area contributed by atoms with Crippen molar-refractivity contribution in [1.29, 1.82) is 0 Å². The number of nitrogens with two attached hydrogens (primary N) is 1. The first-order valence-corrected chi connectivity index (χ1v) is 3.99. The molecule has 2 rings (SSSR count). The van der Waals surface area contributed by atoms with E-state index in [1.165, 1.54) is 6.33 Å². The van der Waals surface area contributed by atoms with Crippen LogP contribution in [0.5, 0.6) is 0 Å². The summed E-state index contributed by atoms with van der Waals surface area (Å²) in [5.74, 6) is 0.708. The lowest BCUT2D eigenvalue weighted by Gasteiger charge is -1.97. The van der Waals surface area contributed by atoms with Gasteiger partial charge in [-0.2, -0.15) is 0 Å². The normalized spacial score (nSPS) is 10.6. The second kappa shape index (κ2) is 2.73.